The summed E-state index contributed by atoms with van der Waals surface area (Å²) in [7, 11) is 0. The van der Waals surface area contributed by atoms with Crippen LogP contribution in [0.25, 0.3) is 11.3 Å². The van der Waals surface area contributed by atoms with E-state index in [1.54, 1.807) is 36.1 Å². The molecule has 1 aliphatic heterocycles. The highest BCUT2D eigenvalue weighted by Gasteiger charge is 2.20. The van der Waals surface area contributed by atoms with Crippen molar-refractivity contribution in [3.63, 3.8) is 0 Å². The number of morpholine rings is 1. The van der Waals surface area contributed by atoms with E-state index in [4.69, 9.17) is 14.0 Å². The molecule has 0 bridgehead atoms. The van der Waals surface area contributed by atoms with E-state index >= 15 is 0 Å². The van der Waals surface area contributed by atoms with Crippen LogP contribution in [-0.2, 0) is 11.3 Å². The van der Waals surface area contributed by atoms with Gasteiger partial charge in [-0.2, -0.15) is 0 Å². The van der Waals surface area contributed by atoms with Crippen LogP contribution in [-0.4, -0.2) is 52.5 Å². The first-order chi connectivity index (χ1) is 14.1. The fourth-order valence-corrected chi connectivity index (χ4v) is 2.98. The third kappa shape index (κ3) is 4.24. The largest absolute Gasteiger partial charge is 0.472 e. The van der Waals surface area contributed by atoms with Crippen molar-refractivity contribution in [1.29, 1.82) is 0 Å². The number of hydrogen-bond acceptors (Lipinski definition) is 7. The number of aryl methyl sites for hydroxylation is 1. The Hall–Kier alpha value is -3.33. The fraction of sp³-hybridized carbons (Fsp3) is 0.300. The quantitative estimate of drug-likeness (QED) is 0.652. The molecular formula is C20H19FN4O4. The van der Waals surface area contributed by atoms with Crippen molar-refractivity contribution in [2.45, 2.75) is 13.5 Å². The highest BCUT2D eigenvalue weighted by molar-refractivity contribution is 5.92. The summed E-state index contributed by atoms with van der Waals surface area (Å²) >= 11 is 0. The Bertz CT molecular complexity index is 983. The molecular weight excluding hydrogens is 379 g/mol. The van der Waals surface area contributed by atoms with E-state index in [9.17, 15) is 9.18 Å². The number of halogens is 1. The van der Waals surface area contributed by atoms with E-state index in [1.807, 2.05) is 0 Å². The van der Waals surface area contributed by atoms with Crippen molar-refractivity contribution in [2.75, 3.05) is 26.3 Å². The second-order valence-corrected chi connectivity index (χ2v) is 6.52. The van der Waals surface area contributed by atoms with Gasteiger partial charge < -0.3 is 18.9 Å². The van der Waals surface area contributed by atoms with Gasteiger partial charge in [-0.25, -0.2) is 4.39 Å². The molecule has 0 aliphatic carbocycles. The van der Waals surface area contributed by atoms with Crippen LogP contribution in [0.15, 0.2) is 40.9 Å². The van der Waals surface area contributed by atoms with Crippen LogP contribution in [0.5, 0.6) is 5.88 Å². The molecule has 1 fully saturated rings. The fourth-order valence-electron chi connectivity index (χ4n) is 2.98. The van der Waals surface area contributed by atoms with E-state index in [1.165, 1.54) is 12.1 Å². The van der Waals surface area contributed by atoms with Crippen LogP contribution in [0.2, 0.25) is 0 Å². The molecule has 3 heterocycles. The average Bonchev–Trinajstić information content (AvgIpc) is 3.13. The first kappa shape index (κ1) is 19.0. The second-order valence-electron chi connectivity index (χ2n) is 6.52. The summed E-state index contributed by atoms with van der Waals surface area (Å²) in [5, 5.41) is 12.0. The van der Waals surface area contributed by atoms with E-state index < -0.39 is 0 Å². The van der Waals surface area contributed by atoms with Gasteiger partial charge >= 0.3 is 0 Å². The summed E-state index contributed by atoms with van der Waals surface area (Å²) in [6.45, 7) is 4.04. The minimum absolute atomic E-state index is 0.146. The molecule has 29 heavy (non-hydrogen) atoms. The zero-order valence-electron chi connectivity index (χ0n) is 15.8. The molecule has 1 aromatic carbocycles. The number of aromatic nitrogens is 3. The molecule has 0 unspecified atom stereocenters. The number of amides is 1. The van der Waals surface area contributed by atoms with E-state index in [2.05, 4.69) is 15.4 Å². The van der Waals surface area contributed by atoms with Crippen molar-refractivity contribution < 1.29 is 23.2 Å². The molecule has 0 N–H and O–H groups in total. The Morgan fingerprint density at radius 2 is 1.90 bits per heavy atom. The summed E-state index contributed by atoms with van der Waals surface area (Å²) < 4.78 is 29.4. The van der Waals surface area contributed by atoms with Crippen LogP contribution in [0.4, 0.5) is 4.39 Å². The number of ether oxygens (including phenoxy) is 2. The Morgan fingerprint density at radius 1 is 1.14 bits per heavy atom. The molecule has 0 radical (unpaired) electrons. The van der Waals surface area contributed by atoms with Gasteiger partial charge in [0, 0.05) is 24.7 Å². The van der Waals surface area contributed by atoms with E-state index in [0.29, 0.717) is 37.8 Å². The summed E-state index contributed by atoms with van der Waals surface area (Å²) in [5.74, 6) is 0.361. The van der Waals surface area contributed by atoms with Gasteiger partial charge in [-0.05, 0) is 37.3 Å². The normalized spacial score (nSPS) is 14.1. The van der Waals surface area contributed by atoms with Crippen molar-refractivity contribution in [2.24, 2.45) is 0 Å². The molecule has 9 heteroatoms. The van der Waals surface area contributed by atoms with Gasteiger partial charge in [0.05, 0.1) is 18.8 Å². The number of carbonyl (C=O) groups is 1. The van der Waals surface area contributed by atoms with Crippen LogP contribution < -0.4 is 4.74 Å². The average molecular weight is 398 g/mol. The molecule has 1 saturated heterocycles. The monoisotopic (exact) mass is 398 g/mol. The summed E-state index contributed by atoms with van der Waals surface area (Å²) in [6, 6.07) is 9.16. The third-order valence-electron chi connectivity index (χ3n) is 4.62. The molecule has 0 saturated carbocycles. The zero-order chi connectivity index (χ0) is 20.2. The van der Waals surface area contributed by atoms with Gasteiger partial charge in [0.15, 0.2) is 5.69 Å². The lowest BCUT2D eigenvalue weighted by molar-refractivity contribution is 0.0298. The van der Waals surface area contributed by atoms with E-state index in [-0.39, 0.29) is 29.9 Å². The number of rotatable bonds is 5. The maximum Gasteiger partial charge on any atom is 0.274 e. The van der Waals surface area contributed by atoms with E-state index in [0.717, 1.165) is 11.1 Å². The lowest BCUT2D eigenvalue weighted by Gasteiger charge is -2.26. The van der Waals surface area contributed by atoms with Crippen LogP contribution >= 0.6 is 0 Å². The summed E-state index contributed by atoms with van der Waals surface area (Å²) in [5.41, 5.74) is 2.29. The van der Waals surface area contributed by atoms with Crippen LogP contribution in [0.3, 0.4) is 0 Å². The van der Waals surface area contributed by atoms with Crippen LogP contribution in [0.1, 0.15) is 21.8 Å². The molecule has 1 aliphatic rings. The first-order valence-corrected chi connectivity index (χ1v) is 9.16. The van der Waals surface area contributed by atoms with Crippen LogP contribution in [0, 0.1) is 12.7 Å². The van der Waals surface area contributed by atoms with Gasteiger partial charge in [0.2, 0.25) is 5.88 Å². The number of carbonyl (C=O) groups excluding carboxylic acids is 1. The van der Waals surface area contributed by atoms with Crippen molar-refractivity contribution in [3.8, 4) is 17.1 Å². The molecule has 2 aromatic heterocycles. The standard InChI is InChI=1S/C20H19FN4O4/c1-13-16(19(24-29-13)14-2-4-15(21)5-3-14)12-28-18-7-6-17(22-23-18)20(26)25-8-10-27-11-9-25/h2-7H,8-12H2,1H3. The SMILES string of the molecule is Cc1onc(-c2ccc(F)cc2)c1COc1ccc(C(=O)N2CCOCC2)nn1. The molecule has 3 aromatic rings. The Labute approximate surface area is 166 Å². The molecule has 0 atom stereocenters. The van der Waals surface area contributed by atoms with Crippen molar-refractivity contribution in [1.82, 2.24) is 20.3 Å². The number of benzene rings is 1. The predicted molar refractivity (Wildman–Crippen MR) is 99.7 cm³/mol. The topological polar surface area (TPSA) is 90.6 Å². The van der Waals surface area contributed by atoms with Gasteiger partial charge in [-0.1, -0.05) is 5.16 Å². The van der Waals surface area contributed by atoms with Gasteiger partial charge in [0.1, 0.15) is 23.9 Å². The maximum atomic E-state index is 13.2. The van der Waals surface area contributed by atoms with Gasteiger partial charge in [0.25, 0.3) is 5.91 Å². The molecule has 8 nitrogen and oxygen atoms in total. The lowest BCUT2D eigenvalue weighted by Crippen LogP contribution is -2.41. The molecule has 0 spiro atoms. The highest BCUT2D eigenvalue weighted by atomic mass is 19.1. The minimum Gasteiger partial charge on any atom is -0.472 e. The first-order valence-electron chi connectivity index (χ1n) is 9.16. The minimum atomic E-state index is -0.325. The number of hydrogen-bond donors (Lipinski definition) is 0. The lowest BCUT2D eigenvalue weighted by atomic mass is 10.1. The Kier molecular flexibility index (Phi) is 5.48. The van der Waals surface area contributed by atoms with Crippen molar-refractivity contribution >= 4 is 5.91 Å². The summed E-state index contributed by atoms with van der Waals surface area (Å²) in [4.78, 5) is 14.1. The Morgan fingerprint density at radius 3 is 2.59 bits per heavy atom. The number of nitrogens with zero attached hydrogens (tertiary/aromatic N) is 4. The third-order valence-corrected chi connectivity index (χ3v) is 4.62. The second kappa shape index (κ2) is 8.36. The highest BCUT2D eigenvalue weighted by Crippen LogP contribution is 2.26. The predicted octanol–water partition coefficient (Wildman–Crippen LogP) is 2.63. The van der Waals surface area contributed by atoms with Gasteiger partial charge in [-0.15, -0.1) is 10.2 Å². The Balaban J connectivity index is 1.44. The molecule has 1 amide bonds. The van der Waals surface area contributed by atoms with Gasteiger partial charge in [-0.3, -0.25) is 4.79 Å². The zero-order valence-corrected chi connectivity index (χ0v) is 15.8. The van der Waals surface area contributed by atoms with Crippen molar-refractivity contribution in [3.05, 3.63) is 59.2 Å². The molecule has 150 valence electrons. The molecule has 4 rings (SSSR count). The smallest absolute Gasteiger partial charge is 0.274 e. The maximum absolute atomic E-state index is 13.2. The summed E-state index contributed by atoms with van der Waals surface area (Å²) in [6.07, 6.45) is 0.